The third-order valence-electron chi connectivity index (χ3n) is 6.13. The number of pyridine rings is 1. The molecule has 1 aromatic carbocycles. The van der Waals surface area contributed by atoms with E-state index in [2.05, 4.69) is 4.98 Å². The molecule has 0 fully saturated rings. The van der Waals surface area contributed by atoms with E-state index >= 15 is 0 Å². The first-order chi connectivity index (χ1) is 15.8. The van der Waals surface area contributed by atoms with Crippen LogP contribution in [0.15, 0.2) is 41.6 Å². The summed E-state index contributed by atoms with van der Waals surface area (Å²) in [5.41, 5.74) is 0.716. The molecule has 3 heterocycles. The second kappa shape index (κ2) is 7.79. The maximum atomic E-state index is 14.2. The summed E-state index contributed by atoms with van der Waals surface area (Å²) in [6.07, 6.45) is 2.79. The highest BCUT2D eigenvalue weighted by atomic mass is 19.3. The zero-order valence-electron chi connectivity index (χ0n) is 17.9. The van der Waals surface area contributed by atoms with Crippen molar-refractivity contribution in [3.8, 4) is 11.4 Å². The van der Waals surface area contributed by atoms with Crippen LogP contribution in [0.2, 0.25) is 0 Å². The van der Waals surface area contributed by atoms with Crippen molar-refractivity contribution in [1.29, 1.82) is 0 Å². The number of ether oxygens (including phenoxy) is 1. The van der Waals surface area contributed by atoms with Crippen molar-refractivity contribution < 1.29 is 22.7 Å². The molecular formula is C23H21F3N4O3. The van der Waals surface area contributed by atoms with Crippen LogP contribution in [0.4, 0.5) is 13.2 Å². The van der Waals surface area contributed by atoms with Gasteiger partial charge in [0.15, 0.2) is 0 Å². The third-order valence-corrected chi connectivity index (χ3v) is 6.13. The lowest BCUT2D eigenvalue weighted by Crippen LogP contribution is -2.46. The minimum atomic E-state index is -3.14. The zero-order chi connectivity index (χ0) is 23.3. The van der Waals surface area contributed by atoms with Crippen LogP contribution in [0.5, 0.6) is 5.75 Å². The molecule has 0 saturated heterocycles. The maximum Gasteiger partial charge on any atom is 0.277 e. The van der Waals surface area contributed by atoms with Crippen LogP contribution in [0.1, 0.15) is 33.7 Å². The van der Waals surface area contributed by atoms with Gasteiger partial charge in [0.05, 0.1) is 24.1 Å². The van der Waals surface area contributed by atoms with Crippen LogP contribution < -0.4 is 10.3 Å². The van der Waals surface area contributed by atoms with E-state index in [4.69, 9.17) is 4.74 Å². The Labute approximate surface area is 187 Å². The van der Waals surface area contributed by atoms with E-state index in [-0.39, 0.29) is 54.6 Å². The van der Waals surface area contributed by atoms with E-state index in [0.717, 1.165) is 11.8 Å². The van der Waals surface area contributed by atoms with Crippen molar-refractivity contribution in [2.24, 2.45) is 0 Å². The second-order valence-corrected chi connectivity index (χ2v) is 8.23. The summed E-state index contributed by atoms with van der Waals surface area (Å²) >= 11 is 0. The van der Waals surface area contributed by atoms with Gasteiger partial charge in [0, 0.05) is 31.3 Å². The Morgan fingerprint density at radius 3 is 2.73 bits per heavy atom. The summed E-state index contributed by atoms with van der Waals surface area (Å²) < 4.78 is 51.0. The van der Waals surface area contributed by atoms with Crippen molar-refractivity contribution in [3.63, 3.8) is 0 Å². The molecule has 3 aromatic rings. The predicted molar refractivity (Wildman–Crippen MR) is 113 cm³/mol. The van der Waals surface area contributed by atoms with Gasteiger partial charge in [0.25, 0.3) is 17.4 Å². The first kappa shape index (κ1) is 21.3. The fourth-order valence-electron chi connectivity index (χ4n) is 4.46. The Kier molecular flexibility index (Phi) is 5.02. The Morgan fingerprint density at radius 1 is 1.15 bits per heavy atom. The minimum Gasteiger partial charge on any atom is -0.491 e. The molecule has 2 aromatic heterocycles. The fourth-order valence-corrected chi connectivity index (χ4v) is 4.46. The van der Waals surface area contributed by atoms with E-state index in [1.54, 1.807) is 29.2 Å². The van der Waals surface area contributed by atoms with Gasteiger partial charge in [-0.3, -0.25) is 9.59 Å². The Bertz CT molecular complexity index is 1310. The van der Waals surface area contributed by atoms with Crippen molar-refractivity contribution in [2.45, 2.75) is 32.2 Å². The van der Waals surface area contributed by atoms with Crippen molar-refractivity contribution in [3.05, 3.63) is 75.5 Å². The smallest absolute Gasteiger partial charge is 0.277 e. The highest BCUT2D eigenvalue weighted by molar-refractivity contribution is 5.93. The monoisotopic (exact) mass is 458 g/mol. The minimum absolute atomic E-state index is 0.0104. The predicted octanol–water partition coefficient (Wildman–Crippen LogP) is 3.05. The average Bonchev–Trinajstić information content (AvgIpc) is 3.35. The van der Waals surface area contributed by atoms with E-state index < -0.39 is 23.7 Å². The molecule has 10 heteroatoms. The quantitative estimate of drug-likeness (QED) is 0.590. The zero-order valence-corrected chi connectivity index (χ0v) is 17.9. The van der Waals surface area contributed by atoms with E-state index in [9.17, 15) is 22.8 Å². The van der Waals surface area contributed by atoms with Gasteiger partial charge < -0.3 is 18.8 Å². The number of hydrogen-bond donors (Lipinski definition) is 0. The first-order valence-electron chi connectivity index (χ1n) is 10.6. The number of carbonyl (C=O) groups is 1. The number of aromatic nitrogens is 3. The van der Waals surface area contributed by atoms with E-state index in [1.165, 1.54) is 15.5 Å². The largest absolute Gasteiger partial charge is 0.491 e. The van der Waals surface area contributed by atoms with Crippen LogP contribution in [0, 0.1) is 12.7 Å². The highest BCUT2D eigenvalue weighted by Crippen LogP contribution is 2.47. The number of hydrogen-bond acceptors (Lipinski definition) is 4. The van der Waals surface area contributed by atoms with Gasteiger partial charge in [-0.05, 0) is 37.6 Å². The van der Waals surface area contributed by atoms with Crippen LogP contribution in [0.25, 0.3) is 5.69 Å². The molecule has 1 aliphatic carbocycles. The average molecular weight is 458 g/mol. The molecule has 0 atom stereocenters. The van der Waals surface area contributed by atoms with Crippen molar-refractivity contribution in [2.75, 3.05) is 19.7 Å². The van der Waals surface area contributed by atoms with Crippen molar-refractivity contribution >= 4 is 5.91 Å². The van der Waals surface area contributed by atoms with E-state index in [0.29, 0.717) is 12.2 Å². The van der Waals surface area contributed by atoms with Gasteiger partial charge in [0.2, 0.25) is 0 Å². The molecule has 0 unspecified atom stereocenters. The molecular weight excluding hydrogens is 437 g/mol. The number of carbonyl (C=O) groups excluding carboxylic acids is 1. The van der Waals surface area contributed by atoms with Crippen LogP contribution >= 0.6 is 0 Å². The van der Waals surface area contributed by atoms with Gasteiger partial charge in [-0.2, -0.15) is 0 Å². The first-order valence-corrected chi connectivity index (χ1v) is 10.6. The molecule has 0 N–H and O–H groups in total. The van der Waals surface area contributed by atoms with E-state index in [1.807, 2.05) is 6.92 Å². The molecule has 1 amide bonds. The summed E-state index contributed by atoms with van der Waals surface area (Å²) in [6.45, 7) is 2.51. The van der Waals surface area contributed by atoms with Crippen LogP contribution in [0.3, 0.4) is 0 Å². The number of benzene rings is 1. The van der Waals surface area contributed by atoms with Gasteiger partial charge >= 0.3 is 0 Å². The maximum absolute atomic E-state index is 14.2. The molecule has 0 saturated carbocycles. The molecule has 1 aliphatic heterocycles. The lowest BCUT2D eigenvalue weighted by molar-refractivity contribution is -0.00452. The summed E-state index contributed by atoms with van der Waals surface area (Å²) in [5, 5.41) is 0. The Morgan fingerprint density at radius 2 is 1.97 bits per heavy atom. The number of fused-ring (bicyclic) bond motifs is 2. The summed E-state index contributed by atoms with van der Waals surface area (Å²) in [6, 6.07) is 5.51. The number of aryl methyl sites for hydroxylation is 1. The van der Waals surface area contributed by atoms with Crippen molar-refractivity contribution in [1.82, 2.24) is 19.0 Å². The number of nitrogens with zero attached hydrogens (tertiary/aromatic N) is 4. The molecule has 5 rings (SSSR count). The lowest BCUT2D eigenvalue weighted by Gasteiger charge is -2.30. The topological polar surface area (TPSA) is 69.4 Å². The van der Waals surface area contributed by atoms with Gasteiger partial charge in [-0.25, -0.2) is 18.2 Å². The van der Waals surface area contributed by atoms with Gasteiger partial charge in [0.1, 0.15) is 29.6 Å². The highest BCUT2D eigenvalue weighted by Gasteiger charge is 2.43. The molecule has 0 radical (unpaired) electrons. The number of alkyl halides is 2. The molecule has 7 nitrogen and oxygen atoms in total. The second-order valence-electron chi connectivity index (χ2n) is 8.23. The fraction of sp³-hybridized carbons (Fsp3) is 0.348. The standard InChI is InChI=1S/C23H21F3N4O3/c1-14-12-29(13-27-14)17-3-4-18-21(31)28(8-9-30(18)22(17)32)10-11-33-19-5-2-16(24)15-6-7-23(25,26)20(15)19/h2-5,12-13H,6-11H2,1H3. The molecule has 172 valence electrons. The Hall–Kier alpha value is -3.56. The number of rotatable bonds is 5. The van der Waals surface area contributed by atoms with Crippen LogP contribution in [-0.4, -0.2) is 44.6 Å². The summed E-state index contributed by atoms with van der Waals surface area (Å²) in [5.74, 6) is -4.20. The van der Waals surface area contributed by atoms with Gasteiger partial charge in [-0.1, -0.05) is 0 Å². The third kappa shape index (κ3) is 3.59. The molecule has 33 heavy (non-hydrogen) atoms. The molecule has 2 aliphatic rings. The number of amides is 1. The number of halogens is 3. The van der Waals surface area contributed by atoms with Crippen LogP contribution in [-0.2, 0) is 18.9 Å². The Balaban J connectivity index is 1.31. The molecule has 0 bridgehead atoms. The molecule has 0 spiro atoms. The van der Waals surface area contributed by atoms with Gasteiger partial charge in [-0.15, -0.1) is 0 Å². The lowest BCUT2D eigenvalue weighted by atomic mass is 10.1. The normalized spacial score (nSPS) is 16.6. The summed E-state index contributed by atoms with van der Waals surface area (Å²) in [7, 11) is 0. The SMILES string of the molecule is Cc1cn(-c2ccc3n(c2=O)CCN(CCOc2ccc(F)c4c2C(F)(F)CC4)C3=O)cn1. The number of imidazole rings is 1. The summed E-state index contributed by atoms with van der Waals surface area (Å²) in [4.78, 5) is 31.4.